The van der Waals surface area contributed by atoms with Gasteiger partial charge in [0.05, 0.1) is 5.69 Å². The molecule has 0 aliphatic carbocycles. The highest BCUT2D eigenvalue weighted by atomic mass is 32.1. The van der Waals surface area contributed by atoms with Crippen LogP contribution >= 0.6 is 12.2 Å². The average Bonchev–Trinajstić information content (AvgIpc) is 3.17. The number of amides is 1. The molecule has 0 aliphatic rings. The largest absolute Gasteiger partial charge is 0.332 e. The van der Waals surface area contributed by atoms with Gasteiger partial charge in [0.15, 0.2) is 5.11 Å². The Labute approximate surface area is 186 Å². The molecule has 2 N–H and O–H groups in total. The highest BCUT2D eigenvalue weighted by Crippen LogP contribution is 2.22. The van der Waals surface area contributed by atoms with Crippen molar-refractivity contribution < 1.29 is 4.79 Å². The van der Waals surface area contributed by atoms with E-state index in [9.17, 15) is 4.79 Å². The minimum atomic E-state index is -0.240. The number of hydrogen-bond acceptors (Lipinski definition) is 4. The average molecular weight is 430 g/mol. The first-order valence-corrected chi connectivity index (χ1v) is 10.5. The molecule has 7 heteroatoms. The molecule has 0 saturated heterocycles. The number of anilines is 1. The molecule has 0 unspecified atom stereocenters. The van der Waals surface area contributed by atoms with E-state index < -0.39 is 0 Å². The van der Waals surface area contributed by atoms with Gasteiger partial charge in [-0.3, -0.25) is 10.1 Å². The Bertz CT molecular complexity index is 1280. The van der Waals surface area contributed by atoms with Gasteiger partial charge in [-0.25, -0.2) is 0 Å². The Balaban J connectivity index is 1.53. The fourth-order valence-electron chi connectivity index (χ4n) is 3.33. The number of rotatable bonds is 4. The first kappa shape index (κ1) is 20.7. The van der Waals surface area contributed by atoms with Gasteiger partial charge in [0.1, 0.15) is 11.0 Å². The van der Waals surface area contributed by atoms with Crippen LogP contribution in [-0.4, -0.2) is 26.0 Å². The van der Waals surface area contributed by atoms with Crippen molar-refractivity contribution >= 4 is 40.0 Å². The van der Waals surface area contributed by atoms with E-state index >= 15 is 0 Å². The van der Waals surface area contributed by atoms with E-state index in [1.54, 1.807) is 10.9 Å². The topological polar surface area (TPSA) is 71.8 Å². The molecule has 156 valence electrons. The lowest BCUT2D eigenvalue weighted by Gasteiger charge is -2.12. The number of carbonyl (C=O) groups is 1. The zero-order valence-corrected chi connectivity index (χ0v) is 18.5. The maximum absolute atomic E-state index is 12.5. The second-order valence-corrected chi connectivity index (χ2v) is 7.80. The minimum absolute atomic E-state index is 0.234. The molecule has 0 saturated carbocycles. The zero-order valence-electron chi connectivity index (χ0n) is 17.6. The molecule has 0 fully saturated rings. The van der Waals surface area contributed by atoms with Gasteiger partial charge in [-0.1, -0.05) is 37.3 Å². The molecule has 4 aromatic rings. The van der Waals surface area contributed by atoms with E-state index in [0.29, 0.717) is 5.56 Å². The minimum Gasteiger partial charge on any atom is -0.332 e. The van der Waals surface area contributed by atoms with Gasteiger partial charge in [0.2, 0.25) is 0 Å². The van der Waals surface area contributed by atoms with E-state index in [4.69, 9.17) is 12.2 Å². The molecule has 0 atom stereocenters. The SMILES string of the molecule is CCc1ccc(-n2nc3cc(C)c(NC(=S)NC(=O)c4ccccc4C)cc3n2)cc1. The summed E-state index contributed by atoms with van der Waals surface area (Å²) in [5.74, 6) is -0.240. The Morgan fingerprint density at radius 3 is 2.32 bits per heavy atom. The quantitative estimate of drug-likeness (QED) is 0.459. The molecule has 1 heterocycles. The molecule has 4 rings (SSSR count). The number of aryl methyl sites for hydroxylation is 3. The fraction of sp³-hybridized carbons (Fsp3) is 0.167. The summed E-state index contributed by atoms with van der Waals surface area (Å²) in [6.45, 7) is 5.98. The van der Waals surface area contributed by atoms with Crippen LogP contribution in [0.3, 0.4) is 0 Å². The number of aromatic nitrogens is 3. The maximum atomic E-state index is 12.5. The smallest absolute Gasteiger partial charge is 0.257 e. The van der Waals surface area contributed by atoms with Gasteiger partial charge >= 0.3 is 0 Å². The van der Waals surface area contributed by atoms with Crippen LogP contribution in [0.1, 0.15) is 34.0 Å². The van der Waals surface area contributed by atoms with Crippen LogP contribution in [-0.2, 0) is 6.42 Å². The summed E-state index contributed by atoms with van der Waals surface area (Å²) >= 11 is 5.36. The summed E-state index contributed by atoms with van der Waals surface area (Å²) < 4.78 is 0. The zero-order chi connectivity index (χ0) is 22.0. The molecule has 1 amide bonds. The third kappa shape index (κ3) is 4.46. The van der Waals surface area contributed by atoms with Crippen molar-refractivity contribution in [2.75, 3.05) is 5.32 Å². The Hall–Kier alpha value is -3.58. The van der Waals surface area contributed by atoms with Crippen molar-refractivity contribution in [3.63, 3.8) is 0 Å². The Morgan fingerprint density at radius 1 is 0.968 bits per heavy atom. The van der Waals surface area contributed by atoms with E-state index in [1.165, 1.54) is 5.56 Å². The third-order valence-corrected chi connectivity index (χ3v) is 5.37. The van der Waals surface area contributed by atoms with E-state index in [1.807, 2.05) is 56.3 Å². The Morgan fingerprint density at radius 2 is 1.65 bits per heavy atom. The van der Waals surface area contributed by atoms with Gasteiger partial charge in [0, 0.05) is 11.3 Å². The molecule has 31 heavy (non-hydrogen) atoms. The maximum Gasteiger partial charge on any atom is 0.257 e. The summed E-state index contributed by atoms with van der Waals surface area (Å²) in [6, 6.07) is 19.4. The first-order chi connectivity index (χ1) is 14.9. The number of fused-ring (bicyclic) bond motifs is 1. The normalized spacial score (nSPS) is 10.8. The summed E-state index contributed by atoms with van der Waals surface area (Å²) in [5.41, 5.74) is 6.91. The number of benzene rings is 3. The van der Waals surface area contributed by atoms with Crippen molar-refractivity contribution in [2.24, 2.45) is 0 Å². The van der Waals surface area contributed by atoms with Gasteiger partial charge in [0.25, 0.3) is 5.91 Å². The predicted molar refractivity (Wildman–Crippen MR) is 128 cm³/mol. The van der Waals surface area contributed by atoms with Crippen LogP contribution in [0, 0.1) is 13.8 Å². The predicted octanol–water partition coefficient (Wildman–Crippen LogP) is 4.73. The summed E-state index contributed by atoms with van der Waals surface area (Å²) in [5, 5.41) is 15.3. The lowest BCUT2D eigenvalue weighted by molar-refractivity contribution is 0.0977. The molecule has 0 spiro atoms. The molecule has 3 aromatic carbocycles. The van der Waals surface area contributed by atoms with E-state index in [0.717, 1.165) is 40.0 Å². The van der Waals surface area contributed by atoms with Crippen molar-refractivity contribution in [1.29, 1.82) is 0 Å². The molecule has 6 nitrogen and oxygen atoms in total. The van der Waals surface area contributed by atoms with Crippen LogP contribution in [0.25, 0.3) is 16.7 Å². The summed E-state index contributed by atoms with van der Waals surface area (Å²) in [4.78, 5) is 14.1. The second-order valence-electron chi connectivity index (χ2n) is 7.39. The molecule has 1 aromatic heterocycles. The van der Waals surface area contributed by atoms with Crippen LogP contribution in [0.2, 0.25) is 0 Å². The fourth-order valence-corrected chi connectivity index (χ4v) is 3.54. The van der Waals surface area contributed by atoms with Crippen molar-refractivity contribution in [1.82, 2.24) is 20.3 Å². The molecule has 0 radical (unpaired) electrons. The van der Waals surface area contributed by atoms with Crippen LogP contribution in [0.4, 0.5) is 5.69 Å². The third-order valence-electron chi connectivity index (χ3n) is 5.17. The number of hydrogen-bond donors (Lipinski definition) is 2. The van der Waals surface area contributed by atoms with Gasteiger partial charge in [-0.15, -0.1) is 10.2 Å². The Kier molecular flexibility index (Phi) is 5.77. The van der Waals surface area contributed by atoms with Gasteiger partial charge < -0.3 is 5.32 Å². The lowest BCUT2D eigenvalue weighted by atomic mass is 10.1. The van der Waals surface area contributed by atoms with Gasteiger partial charge in [-0.05, 0) is 79.5 Å². The standard InChI is InChI=1S/C24H23N5OS/c1-4-17-9-11-18(12-10-17)29-27-21-13-16(3)20(14-22(21)28-29)25-24(31)26-23(30)19-8-6-5-7-15(19)2/h5-14H,4H2,1-3H3,(H2,25,26,30,31). The van der Waals surface area contributed by atoms with Crippen LogP contribution in [0.15, 0.2) is 60.7 Å². The molecular weight excluding hydrogens is 406 g/mol. The number of nitrogens with zero attached hydrogens (tertiary/aromatic N) is 3. The van der Waals surface area contributed by atoms with Crippen molar-refractivity contribution in [3.8, 4) is 5.69 Å². The van der Waals surface area contributed by atoms with Crippen molar-refractivity contribution in [3.05, 3.63) is 82.9 Å². The molecular formula is C24H23N5OS. The first-order valence-electron chi connectivity index (χ1n) is 10.1. The van der Waals surface area contributed by atoms with Crippen LogP contribution in [0.5, 0.6) is 0 Å². The number of nitrogens with one attached hydrogen (secondary N) is 2. The number of thiocarbonyl (C=S) groups is 1. The van der Waals surface area contributed by atoms with Crippen LogP contribution < -0.4 is 10.6 Å². The van der Waals surface area contributed by atoms with Crippen molar-refractivity contribution in [2.45, 2.75) is 27.2 Å². The summed E-state index contributed by atoms with van der Waals surface area (Å²) in [6.07, 6.45) is 0.989. The summed E-state index contributed by atoms with van der Waals surface area (Å²) in [7, 11) is 0. The number of carbonyl (C=O) groups excluding carboxylic acids is 1. The van der Waals surface area contributed by atoms with Gasteiger partial charge in [-0.2, -0.15) is 4.80 Å². The lowest BCUT2D eigenvalue weighted by Crippen LogP contribution is -2.34. The molecule has 0 bridgehead atoms. The highest BCUT2D eigenvalue weighted by Gasteiger charge is 2.13. The molecule has 0 aliphatic heterocycles. The van der Waals surface area contributed by atoms with E-state index in [-0.39, 0.29) is 11.0 Å². The second kappa shape index (κ2) is 8.65. The monoisotopic (exact) mass is 429 g/mol. The highest BCUT2D eigenvalue weighted by molar-refractivity contribution is 7.80. The van der Waals surface area contributed by atoms with E-state index in [2.05, 4.69) is 39.9 Å².